The highest BCUT2D eigenvalue weighted by molar-refractivity contribution is 4.85. The van der Waals surface area contributed by atoms with Crippen LogP contribution in [0.25, 0.3) is 0 Å². The van der Waals surface area contributed by atoms with Crippen molar-refractivity contribution < 1.29 is 0 Å². The van der Waals surface area contributed by atoms with Gasteiger partial charge in [-0.2, -0.15) is 0 Å². The van der Waals surface area contributed by atoms with E-state index in [1.165, 1.54) is 26.1 Å². The molecule has 1 rings (SSSR count). The van der Waals surface area contributed by atoms with Gasteiger partial charge in [-0.3, -0.25) is 9.80 Å². The second-order valence-electron chi connectivity index (χ2n) is 5.11. The minimum atomic E-state index is 0.379. The average Bonchev–Trinajstić information content (AvgIpc) is 2.13. The van der Waals surface area contributed by atoms with Gasteiger partial charge in [-0.1, -0.05) is 0 Å². The van der Waals surface area contributed by atoms with Crippen molar-refractivity contribution in [3.8, 4) is 0 Å². The topological polar surface area (TPSA) is 6.48 Å². The highest BCUT2D eigenvalue weighted by Gasteiger charge is 2.28. The van der Waals surface area contributed by atoms with Gasteiger partial charge >= 0.3 is 0 Å². The van der Waals surface area contributed by atoms with E-state index in [1.807, 2.05) is 0 Å². The molecular formula is C11H24N2. The number of hydrogen-bond donors (Lipinski definition) is 0. The van der Waals surface area contributed by atoms with Crippen LogP contribution >= 0.6 is 0 Å². The molecule has 0 aliphatic carbocycles. The summed E-state index contributed by atoms with van der Waals surface area (Å²) in [7, 11) is 2.24. The summed E-state index contributed by atoms with van der Waals surface area (Å²) in [6.07, 6.45) is 1.28. The van der Waals surface area contributed by atoms with Gasteiger partial charge in [0, 0.05) is 31.2 Å². The Labute approximate surface area is 82.9 Å². The summed E-state index contributed by atoms with van der Waals surface area (Å²) in [6, 6.07) is 0.697. The molecule has 0 radical (unpaired) electrons. The maximum Gasteiger partial charge on any atom is 0.0162 e. The molecule has 0 bridgehead atoms. The molecule has 1 aliphatic rings. The van der Waals surface area contributed by atoms with Crippen molar-refractivity contribution in [1.82, 2.24) is 9.80 Å². The van der Waals surface area contributed by atoms with Crippen molar-refractivity contribution >= 4 is 0 Å². The lowest BCUT2D eigenvalue weighted by molar-refractivity contribution is 0.165. The number of rotatable bonds is 1. The molecule has 2 heteroatoms. The van der Waals surface area contributed by atoms with Gasteiger partial charge in [-0.25, -0.2) is 0 Å². The van der Waals surface area contributed by atoms with Crippen molar-refractivity contribution in [3.05, 3.63) is 0 Å². The van der Waals surface area contributed by atoms with Gasteiger partial charge in [0.1, 0.15) is 0 Å². The van der Waals surface area contributed by atoms with Gasteiger partial charge in [0.05, 0.1) is 0 Å². The van der Waals surface area contributed by atoms with Crippen LogP contribution in [0, 0.1) is 0 Å². The molecule has 0 aromatic heterocycles. The fourth-order valence-electron chi connectivity index (χ4n) is 1.82. The summed E-state index contributed by atoms with van der Waals surface area (Å²) in [4.78, 5) is 5.06. The van der Waals surface area contributed by atoms with Crippen LogP contribution in [0.2, 0.25) is 0 Å². The molecule has 13 heavy (non-hydrogen) atoms. The molecular weight excluding hydrogens is 160 g/mol. The lowest BCUT2D eigenvalue weighted by Gasteiger charge is -2.33. The Bertz CT molecular complexity index is 163. The lowest BCUT2D eigenvalue weighted by atomic mass is 9.99. The van der Waals surface area contributed by atoms with Crippen LogP contribution < -0.4 is 0 Å². The first kappa shape index (κ1) is 11.0. The van der Waals surface area contributed by atoms with Crippen molar-refractivity contribution in [1.29, 1.82) is 0 Å². The van der Waals surface area contributed by atoms with E-state index < -0.39 is 0 Å². The third-order valence-corrected chi connectivity index (χ3v) is 3.50. The second-order valence-corrected chi connectivity index (χ2v) is 5.11. The summed E-state index contributed by atoms with van der Waals surface area (Å²) < 4.78 is 0. The average molecular weight is 184 g/mol. The van der Waals surface area contributed by atoms with E-state index in [0.717, 1.165) is 0 Å². The van der Waals surface area contributed by atoms with E-state index in [0.29, 0.717) is 11.6 Å². The first-order chi connectivity index (χ1) is 5.93. The van der Waals surface area contributed by atoms with E-state index in [9.17, 15) is 0 Å². The first-order valence-corrected chi connectivity index (χ1v) is 5.39. The molecule has 1 saturated heterocycles. The minimum Gasteiger partial charge on any atom is -0.300 e. The predicted octanol–water partition coefficient (Wildman–Crippen LogP) is 1.81. The molecule has 0 spiro atoms. The van der Waals surface area contributed by atoms with Gasteiger partial charge in [0.15, 0.2) is 0 Å². The molecule has 0 unspecified atom stereocenters. The Morgan fingerprint density at radius 3 is 2.23 bits per heavy atom. The van der Waals surface area contributed by atoms with E-state index in [-0.39, 0.29) is 0 Å². The lowest BCUT2D eigenvalue weighted by Crippen LogP contribution is -2.41. The molecule has 0 N–H and O–H groups in total. The predicted molar refractivity (Wildman–Crippen MR) is 58.0 cm³/mol. The van der Waals surface area contributed by atoms with Gasteiger partial charge < -0.3 is 0 Å². The quantitative estimate of drug-likeness (QED) is 0.613. The molecule has 78 valence electrons. The van der Waals surface area contributed by atoms with E-state index >= 15 is 0 Å². The number of nitrogens with zero attached hydrogens (tertiary/aromatic N) is 2. The number of likely N-dealkylation sites (N-methyl/N-ethyl adjacent to an activating group) is 1. The Hall–Kier alpha value is -0.0800. The third-order valence-electron chi connectivity index (χ3n) is 3.50. The highest BCUT2D eigenvalue weighted by atomic mass is 15.2. The van der Waals surface area contributed by atoms with E-state index in [2.05, 4.69) is 44.5 Å². The van der Waals surface area contributed by atoms with Gasteiger partial charge in [-0.15, -0.1) is 0 Å². The zero-order valence-electron chi connectivity index (χ0n) is 9.80. The Balaban J connectivity index is 2.57. The molecule has 1 fully saturated rings. The van der Waals surface area contributed by atoms with E-state index in [4.69, 9.17) is 0 Å². The fourth-order valence-corrected chi connectivity index (χ4v) is 1.82. The zero-order chi connectivity index (χ0) is 10.1. The molecule has 0 saturated carbocycles. The van der Waals surface area contributed by atoms with Gasteiger partial charge in [0.2, 0.25) is 0 Å². The molecule has 0 aromatic rings. The summed E-state index contributed by atoms with van der Waals surface area (Å²) in [5.41, 5.74) is 0.379. The smallest absolute Gasteiger partial charge is 0.0162 e. The van der Waals surface area contributed by atoms with Crippen LogP contribution in [0.15, 0.2) is 0 Å². The first-order valence-electron chi connectivity index (χ1n) is 5.39. The second kappa shape index (κ2) is 3.97. The van der Waals surface area contributed by atoms with Crippen LogP contribution in [0.5, 0.6) is 0 Å². The summed E-state index contributed by atoms with van der Waals surface area (Å²) in [5, 5.41) is 0. The third kappa shape index (κ3) is 2.68. The van der Waals surface area contributed by atoms with Crippen LogP contribution in [-0.4, -0.2) is 48.1 Å². The van der Waals surface area contributed by atoms with Crippen molar-refractivity contribution in [2.75, 3.05) is 26.7 Å². The van der Waals surface area contributed by atoms with Gasteiger partial charge in [0.25, 0.3) is 0 Å². The molecule has 2 nitrogen and oxygen atoms in total. The maximum absolute atomic E-state index is 2.57. The standard InChI is InChI=1S/C11H24N2/c1-10(2)13-7-6-11(3,4)12(5)8-9-13/h10H,6-9H2,1-5H3. The summed E-state index contributed by atoms with van der Waals surface area (Å²) in [5.74, 6) is 0. The number of hydrogen-bond acceptors (Lipinski definition) is 2. The Kier molecular flexibility index (Phi) is 3.36. The van der Waals surface area contributed by atoms with Crippen LogP contribution in [0.4, 0.5) is 0 Å². The summed E-state index contributed by atoms with van der Waals surface area (Å²) in [6.45, 7) is 12.9. The highest BCUT2D eigenvalue weighted by Crippen LogP contribution is 2.21. The monoisotopic (exact) mass is 184 g/mol. The minimum absolute atomic E-state index is 0.379. The maximum atomic E-state index is 2.57. The van der Waals surface area contributed by atoms with Crippen LogP contribution in [-0.2, 0) is 0 Å². The van der Waals surface area contributed by atoms with Crippen molar-refractivity contribution in [2.24, 2.45) is 0 Å². The van der Waals surface area contributed by atoms with E-state index in [1.54, 1.807) is 0 Å². The Morgan fingerprint density at radius 1 is 1.08 bits per heavy atom. The van der Waals surface area contributed by atoms with Crippen LogP contribution in [0.3, 0.4) is 0 Å². The SMILES string of the molecule is CC(C)N1CCN(C)C(C)(C)CC1. The zero-order valence-corrected chi connectivity index (χ0v) is 9.80. The normalized spacial score (nSPS) is 26.3. The largest absolute Gasteiger partial charge is 0.300 e. The van der Waals surface area contributed by atoms with Crippen molar-refractivity contribution in [3.63, 3.8) is 0 Å². The molecule has 0 amide bonds. The van der Waals surface area contributed by atoms with Crippen LogP contribution in [0.1, 0.15) is 34.1 Å². The molecule has 0 aromatic carbocycles. The van der Waals surface area contributed by atoms with Crippen molar-refractivity contribution in [2.45, 2.75) is 45.7 Å². The molecule has 1 aliphatic heterocycles. The fraction of sp³-hybridized carbons (Fsp3) is 1.00. The van der Waals surface area contributed by atoms with Gasteiger partial charge in [-0.05, 0) is 41.2 Å². The molecule has 1 heterocycles. The Morgan fingerprint density at radius 2 is 1.69 bits per heavy atom. The summed E-state index contributed by atoms with van der Waals surface area (Å²) >= 11 is 0. The molecule has 0 atom stereocenters.